The van der Waals surface area contributed by atoms with Crippen molar-refractivity contribution in [1.29, 1.82) is 0 Å². The lowest BCUT2D eigenvalue weighted by molar-refractivity contribution is -0.873. The molecule has 0 amide bonds. The van der Waals surface area contributed by atoms with E-state index >= 15 is 0 Å². The molecule has 0 saturated carbocycles. The number of unbranched alkanes of at least 4 members (excludes halogenated alkanes) is 14. The second-order valence-corrected chi connectivity index (χ2v) is 13.2. The summed E-state index contributed by atoms with van der Waals surface area (Å²) in [5, 5.41) is 9.56. The first-order chi connectivity index (χ1) is 18.0. The molecule has 0 heterocycles. The van der Waals surface area contributed by atoms with Crippen molar-refractivity contribution in [2.45, 2.75) is 142 Å². The largest absolute Gasteiger partial charge is 0.472 e. The van der Waals surface area contributed by atoms with Crippen LogP contribution in [0.1, 0.15) is 129 Å². The number of carbonyl (C=O) groups is 1. The van der Waals surface area contributed by atoms with Gasteiger partial charge in [0.05, 0.1) is 34.4 Å². The molecule has 0 fully saturated rings. The van der Waals surface area contributed by atoms with Gasteiger partial charge in [0.2, 0.25) is 0 Å². The maximum Gasteiger partial charge on any atom is 0.472 e. The van der Waals surface area contributed by atoms with Crippen molar-refractivity contribution in [2.75, 3.05) is 40.9 Å². The molecule has 2 N–H and O–H groups in total. The third-order valence-electron chi connectivity index (χ3n) is 6.57. The summed E-state index contributed by atoms with van der Waals surface area (Å²) in [4.78, 5) is 22.4. The molecule has 0 aliphatic carbocycles. The average Bonchev–Trinajstić information content (AvgIpc) is 2.83. The van der Waals surface area contributed by atoms with Crippen molar-refractivity contribution in [2.24, 2.45) is 0 Å². The van der Waals surface area contributed by atoms with Crippen LogP contribution in [-0.4, -0.2) is 73.6 Å². The van der Waals surface area contributed by atoms with E-state index in [1.165, 1.54) is 64.2 Å². The van der Waals surface area contributed by atoms with Crippen molar-refractivity contribution in [3.8, 4) is 0 Å². The number of rotatable bonds is 27. The second-order valence-electron chi connectivity index (χ2n) is 11.7. The van der Waals surface area contributed by atoms with Crippen LogP contribution in [0.25, 0.3) is 0 Å². The molecule has 0 saturated heterocycles. The Kier molecular flexibility index (Phi) is 22.9. The van der Waals surface area contributed by atoms with Crippen LogP contribution in [0.15, 0.2) is 0 Å². The van der Waals surface area contributed by atoms with Crippen LogP contribution in [0.5, 0.6) is 0 Å². The summed E-state index contributed by atoms with van der Waals surface area (Å²) in [6.45, 7) is 4.04. The molecule has 228 valence electrons. The van der Waals surface area contributed by atoms with Crippen molar-refractivity contribution in [1.82, 2.24) is 0 Å². The van der Waals surface area contributed by atoms with Crippen molar-refractivity contribution < 1.29 is 37.6 Å². The van der Waals surface area contributed by atoms with Gasteiger partial charge in [0.25, 0.3) is 0 Å². The molecular weight excluding hydrogens is 505 g/mol. The number of esters is 1. The highest BCUT2D eigenvalue weighted by Crippen LogP contribution is 2.45. The van der Waals surface area contributed by atoms with Crippen molar-refractivity contribution >= 4 is 13.8 Å². The summed E-state index contributed by atoms with van der Waals surface area (Å²) in [6, 6.07) is 0. The summed E-state index contributed by atoms with van der Waals surface area (Å²) in [5.74, 6) is -0.424. The Morgan fingerprint density at radius 1 is 0.763 bits per heavy atom. The molecule has 0 rings (SSSR count). The lowest BCUT2D eigenvalue weighted by atomic mass is 10.0. The normalized spacial score (nSPS) is 15.2. The highest BCUT2D eigenvalue weighted by Gasteiger charge is 2.31. The van der Waals surface area contributed by atoms with Crippen molar-refractivity contribution in [3.63, 3.8) is 0 Å². The maximum atomic E-state index is 12.5. The fraction of sp³-hybridized carbons (Fsp3) is 0.966. The van der Waals surface area contributed by atoms with Gasteiger partial charge in [-0.25, -0.2) is 4.57 Å². The lowest BCUT2D eigenvalue weighted by Gasteiger charge is -2.30. The van der Waals surface area contributed by atoms with E-state index in [0.29, 0.717) is 17.4 Å². The Morgan fingerprint density at radius 3 is 1.71 bits per heavy atom. The topological polar surface area (TPSA) is 102 Å². The number of aliphatic hydroxyl groups is 1. The van der Waals surface area contributed by atoms with E-state index in [4.69, 9.17) is 13.8 Å². The van der Waals surface area contributed by atoms with Gasteiger partial charge in [-0.2, -0.15) is 0 Å². The van der Waals surface area contributed by atoms with Gasteiger partial charge in [0, 0.05) is 6.42 Å². The standard InChI is InChI=1S/C29H60NO7P/c1-6-8-10-11-12-13-14-15-16-17-18-19-21-23-29(32)36-28(25-31)26-35-38(33,34)37-27(22-20-9-7-2)24-30(3,4)5/h27-28,31H,6-26H2,1-5H3/p+1. The van der Waals surface area contributed by atoms with Crippen LogP contribution in [0.3, 0.4) is 0 Å². The fourth-order valence-corrected chi connectivity index (χ4v) is 5.43. The molecule has 0 aromatic heterocycles. The van der Waals surface area contributed by atoms with Gasteiger partial charge in [-0.15, -0.1) is 0 Å². The number of ether oxygens (including phenoxy) is 1. The van der Waals surface area contributed by atoms with Crippen LogP contribution in [-0.2, 0) is 23.1 Å². The number of carbonyl (C=O) groups excluding carboxylic acids is 1. The third-order valence-corrected chi connectivity index (χ3v) is 7.61. The zero-order valence-electron chi connectivity index (χ0n) is 25.3. The first-order valence-corrected chi connectivity index (χ1v) is 16.8. The number of phosphoric ester groups is 1. The molecule has 3 unspecified atom stereocenters. The smallest absolute Gasteiger partial charge is 0.457 e. The molecule has 0 aliphatic heterocycles. The van der Waals surface area contributed by atoms with E-state index in [2.05, 4.69) is 13.8 Å². The zero-order chi connectivity index (χ0) is 28.7. The molecule has 0 spiro atoms. The number of nitrogens with zero attached hydrogens (tertiary/aromatic N) is 1. The third kappa shape index (κ3) is 24.5. The van der Waals surface area contributed by atoms with Gasteiger partial charge in [-0.1, -0.05) is 110 Å². The Morgan fingerprint density at radius 2 is 1.24 bits per heavy atom. The fourth-order valence-electron chi connectivity index (χ4n) is 4.46. The first-order valence-electron chi connectivity index (χ1n) is 15.3. The van der Waals surface area contributed by atoms with E-state index in [1.54, 1.807) is 0 Å². The SMILES string of the molecule is CCCCCCCCCCCCCCCC(=O)OC(CO)COP(=O)(O)OC(CCCCC)C[N+](C)(C)C. The van der Waals surface area contributed by atoms with Gasteiger partial charge in [0.1, 0.15) is 18.8 Å². The Balaban J connectivity index is 4.11. The number of aliphatic hydroxyl groups excluding tert-OH is 1. The summed E-state index contributed by atoms with van der Waals surface area (Å²) in [6.07, 6.45) is 18.5. The minimum atomic E-state index is -4.36. The summed E-state index contributed by atoms with van der Waals surface area (Å²) in [7, 11) is 1.64. The molecule has 8 nitrogen and oxygen atoms in total. The number of quaternary nitrogens is 1. The van der Waals surface area contributed by atoms with Crippen LogP contribution >= 0.6 is 7.82 Å². The van der Waals surface area contributed by atoms with Crippen LogP contribution in [0.2, 0.25) is 0 Å². The van der Waals surface area contributed by atoms with Crippen LogP contribution in [0, 0.1) is 0 Å². The number of hydrogen-bond donors (Lipinski definition) is 2. The predicted molar refractivity (Wildman–Crippen MR) is 155 cm³/mol. The number of phosphoric acid groups is 1. The lowest BCUT2D eigenvalue weighted by Crippen LogP contribution is -2.42. The van der Waals surface area contributed by atoms with Crippen LogP contribution in [0.4, 0.5) is 0 Å². The van der Waals surface area contributed by atoms with Crippen molar-refractivity contribution in [3.05, 3.63) is 0 Å². The van der Waals surface area contributed by atoms with Gasteiger partial charge >= 0.3 is 13.8 Å². The average molecular weight is 567 g/mol. The molecule has 38 heavy (non-hydrogen) atoms. The highest BCUT2D eigenvalue weighted by atomic mass is 31.2. The summed E-state index contributed by atoms with van der Waals surface area (Å²) >= 11 is 0. The Hall–Kier alpha value is -0.500. The number of likely N-dealkylation sites (N-methyl/N-ethyl adjacent to an activating group) is 1. The highest BCUT2D eigenvalue weighted by molar-refractivity contribution is 7.47. The molecule has 0 aliphatic rings. The van der Waals surface area contributed by atoms with Crippen LogP contribution < -0.4 is 0 Å². The van der Waals surface area contributed by atoms with Gasteiger partial charge < -0.3 is 19.2 Å². The molecule has 0 radical (unpaired) electrons. The zero-order valence-corrected chi connectivity index (χ0v) is 26.2. The molecule has 3 atom stereocenters. The molecular formula is C29H61NO7P+. The predicted octanol–water partition coefficient (Wildman–Crippen LogP) is 7.16. The van der Waals surface area contributed by atoms with E-state index in [1.807, 2.05) is 21.1 Å². The monoisotopic (exact) mass is 566 g/mol. The minimum Gasteiger partial charge on any atom is -0.457 e. The molecule has 9 heteroatoms. The van der Waals surface area contributed by atoms with E-state index in [0.717, 1.165) is 38.5 Å². The summed E-state index contributed by atoms with van der Waals surface area (Å²) < 4.78 is 29.0. The quantitative estimate of drug-likeness (QED) is 0.0471. The van der Waals surface area contributed by atoms with E-state index in [-0.39, 0.29) is 13.0 Å². The number of hydrogen-bond acceptors (Lipinski definition) is 6. The Labute approximate surface area is 234 Å². The Bertz CT molecular complexity index is 612. The van der Waals surface area contributed by atoms with E-state index < -0.39 is 32.6 Å². The maximum absolute atomic E-state index is 12.5. The van der Waals surface area contributed by atoms with Gasteiger partial charge in [-0.3, -0.25) is 13.8 Å². The second kappa shape index (κ2) is 23.2. The first kappa shape index (κ1) is 37.5. The molecule has 0 bridgehead atoms. The molecule has 0 aromatic carbocycles. The molecule has 0 aromatic rings. The van der Waals surface area contributed by atoms with E-state index in [9.17, 15) is 19.4 Å². The minimum absolute atomic E-state index is 0.268. The van der Waals surface area contributed by atoms with Gasteiger partial charge in [0.15, 0.2) is 0 Å². The summed E-state index contributed by atoms with van der Waals surface area (Å²) in [5.41, 5.74) is 0. The van der Waals surface area contributed by atoms with Gasteiger partial charge in [-0.05, 0) is 12.8 Å².